The van der Waals surface area contributed by atoms with Crippen LogP contribution in [-0.4, -0.2) is 29.2 Å². The molecule has 1 N–H and O–H groups in total. The fraction of sp³-hybridized carbons (Fsp3) is 0.455. The number of ether oxygens (including phenoxy) is 2. The fourth-order valence-corrected chi connectivity index (χ4v) is 3.48. The summed E-state index contributed by atoms with van der Waals surface area (Å²) in [5.41, 5.74) is 1.64. The summed E-state index contributed by atoms with van der Waals surface area (Å²) in [6.07, 6.45) is 3.12. The number of benzene rings is 1. The van der Waals surface area contributed by atoms with Crippen LogP contribution < -0.4 is 10.1 Å². The van der Waals surface area contributed by atoms with Gasteiger partial charge in [0.1, 0.15) is 23.7 Å². The predicted molar refractivity (Wildman–Crippen MR) is 106 cm³/mol. The quantitative estimate of drug-likeness (QED) is 0.664. The molecule has 0 saturated heterocycles. The van der Waals surface area contributed by atoms with Gasteiger partial charge in [0.05, 0.1) is 23.7 Å². The Morgan fingerprint density at radius 1 is 1.23 bits per heavy atom. The first-order valence-electron chi connectivity index (χ1n) is 9.92. The zero-order chi connectivity index (χ0) is 21.6. The SMILES string of the molecule is Cc1noc(C)c1COc1ccc(CC(=O)OCC(=O)NC2(C#N)CCCC2)cc1. The molecule has 0 aliphatic heterocycles. The van der Waals surface area contributed by atoms with E-state index in [1.165, 1.54) is 0 Å². The van der Waals surface area contributed by atoms with Gasteiger partial charge >= 0.3 is 5.97 Å². The molecule has 1 amide bonds. The molecule has 0 radical (unpaired) electrons. The van der Waals surface area contributed by atoms with Gasteiger partial charge in [0.25, 0.3) is 5.91 Å². The maximum Gasteiger partial charge on any atom is 0.310 e. The normalized spacial score (nSPS) is 14.7. The van der Waals surface area contributed by atoms with Gasteiger partial charge in [-0.3, -0.25) is 9.59 Å². The van der Waals surface area contributed by atoms with Crippen molar-refractivity contribution in [1.82, 2.24) is 10.5 Å². The van der Waals surface area contributed by atoms with E-state index >= 15 is 0 Å². The average Bonchev–Trinajstić information content (AvgIpc) is 3.33. The molecular weight excluding hydrogens is 386 g/mol. The van der Waals surface area contributed by atoms with Crippen molar-refractivity contribution in [3.8, 4) is 11.8 Å². The molecule has 3 rings (SSSR count). The Labute approximate surface area is 175 Å². The number of aromatic nitrogens is 1. The summed E-state index contributed by atoms with van der Waals surface area (Å²) in [5.74, 6) is 0.427. The van der Waals surface area contributed by atoms with Gasteiger partial charge in [-0.15, -0.1) is 0 Å². The molecule has 1 aliphatic carbocycles. The van der Waals surface area contributed by atoms with Crippen molar-refractivity contribution in [2.45, 2.75) is 58.1 Å². The summed E-state index contributed by atoms with van der Waals surface area (Å²) < 4.78 is 15.9. The molecule has 0 spiro atoms. The topological polar surface area (TPSA) is 114 Å². The highest BCUT2D eigenvalue weighted by molar-refractivity contribution is 5.82. The molecule has 2 aromatic rings. The first kappa shape index (κ1) is 21.4. The maximum atomic E-state index is 12.0. The van der Waals surface area contributed by atoms with Gasteiger partial charge in [0.2, 0.25) is 0 Å². The second kappa shape index (κ2) is 9.44. The first-order chi connectivity index (χ1) is 14.4. The second-order valence-electron chi connectivity index (χ2n) is 7.52. The Morgan fingerprint density at radius 2 is 1.93 bits per heavy atom. The third-order valence-electron chi connectivity index (χ3n) is 5.25. The number of hydrogen-bond donors (Lipinski definition) is 1. The van der Waals surface area contributed by atoms with Crippen LogP contribution in [0.1, 0.15) is 48.3 Å². The largest absolute Gasteiger partial charge is 0.489 e. The van der Waals surface area contributed by atoms with Crippen LogP contribution in [-0.2, 0) is 27.4 Å². The van der Waals surface area contributed by atoms with E-state index in [0.717, 1.165) is 35.4 Å². The lowest BCUT2D eigenvalue weighted by molar-refractivity contribution is -0.148. The molecule has 0 atom stereocenters. The Hall–Kier alpha value is -3.34. The molecular formula is C22H25N3O5. The number of nitrogens with one attached hydrogen (secondary N) is 1. The highest BCUT2D eigenvalue weighted by Gasteiger charge is 2.35. The van der Waals surface area contributed by atoms with Crippen molar-refractivity contribution in [3.05, 3.63) is 46.8 Å². The molecule has 8 nitrogen and oxygen atoms in total. The second-order valence-corrected chi connectivity index (χ2v) is 7.52. The van der Waals surface area contributed by atoms with Crippen LogP contribution in [0.3, 0.4) is 0 Å². The Morgan fingerprint density at radius 3 is 2.53 bits per heavy atom. The lowest BCUT2D eigenvalue weighted by Gasteiger charge is -2.21. The number of carbonyl (C=O) groups excluding carboxylic acids is 2. The minimum absolute atomic E-state index is 0.0425. The van der Waals surface area contributed by atoms with Gasteiger partial charge in [-0.05, 0) is 57.2 Å². The highest BCUT2D eigenvalue weighted by atomic mass is 16.5. The average molecular weight is 411 g/mol. The third kappa shape index (κ3) is 5.38. The minimum Gasteiger partial charge on any atom is -0.489 e. The summed E-state index contributed by atoms with van der Waals surface area (Å²) in [6.45, 7) is 3.66. The van der Waals surface area contributed by atoms with E-state index < -0.39 is 17.4 Å². The van der Waals surface area contributed by atoms with Gasteiger partial charge < -0.3 is 19.3 Å². The summed E-state index contributed by atoms with van der Waals surface area (Å²) in [6, 6.07) is 9.25. The van der Waals surface area contributed by atoms with E-state index in [-0.39, 0.29) is 13.0 Å². The number of amides is 1. The summed E-state index contributed by atoms with van der Waals surface area (Å²) in [5, 5.41) is 15.9. The number of hydrogen-bond acceptors (Lipinski definition) is 7. The van der Waals surface area contributed by atoms with Gasteiger partial charge in [0, 0.05) is 0 Å². The van der Waals surface area contributed by atoms with Gasteiger partial charge in [0.15, 0.2) is 6.61 Å². The van der Waals surface area contributed by atoms with E-state index in [1.54, 1.807) is 24.3 Å². The van der Waals surface area contributed by atoms with Crippen molar-refractivity contribution >= 4 is 11.9 Å². The molecule has 1 aliphatic rings. The summed E-state index contributed by atoms with van der Waals surface area (Å²) in [4.78, 5) is 24.0. The van der Waals surface area contributed by atoms with E-state index in [0.29, 0.717) is 25.2 Å². The van der Waals surface area contributed by atoms with Crippen molar-refractivity contribution in [2.24, 2.45) is 0 Å². The molecule has 1 heterocycles. The molecule has 0 bridgehead atoms. The highest BCUT2D eigenvalue weighted by Crippen LogP contribution is 2.28. The smallest absolute Gasteiger partial charge is 0.310 e. The van der Waals surface area contributed by atoms with Crippen molar-refractivity contribution in [1.29, 1.82) is 5.26 Å². The van der Waals surface area contributed by atoms with E-state index in [9.17, 15) is 14.9 Å². The zero-order valence-corrected chi connectivity index (χ0v) is 17.2. The van der Waals surface area contributed by atoms with Crippen LogP contribution in [0.4, 0.5) is 0 Å². The molecule has 8 heteroatoms. The number of carbonyl (C=O) groups is 2. The Balaban J connectivity index is 1.43. The lowest BCUT2D eigenvalue weighted by Crippen LogP contribution is -2.46. The molecule has 0 unspecified atom stereocenters. The fourth-order valence-electron chi connectivity index (χ4n) is 3.48. The van der Waals surface area contributed by atoms with E-state index in [1.807, 2.05) is 13.8 Å². The lowest BCUT2D eigenvalue weighted by atomic mass is 10.00. The van der Waals surface area contributed by atoms with Gasteiger partial charge in [-0.25, -0.2) is 0 Å². The molecule has 1 aromatic heterocycles. The van der Waals surface area contributed by atoms with E-state index in [4.69, 9.17) is 14.0 Å². The molecule has 30 heavy (non-hydrogen) atoms. The minimum atomic E-state index is -0.817. The first-order valence-corrected chi connectivity index (χ1v) is 9.92. The maximum absolute atomic E-state index is 12.0. The van der Waals surface area contributed by atoms with Gasteiger partial charge in [-0.2, -0.15) is 5.26 Å². The molecule has 1 saturated carbocycles. The number of nitrogens with zero attached hydrogens (tertiary/aromatic N) is 2. The van der Waals surface area contributed by atoms with Crippen molar-refractivity contribution in [2.75, 3.05) is 6.61 Å². The Kier molecular flexibility index (Phi) is 6.72. The van der Waals surface area contributed by atoms with Crippen molar-refractivity contribution < 1.29 is 23.6 Å². The van der Waals surface area contributed by atoms with Crippen LogP contribution in [0.2, 0.25) is 0 Å². The van der Waals surface area contributed by atoms with Crippen molar-refractivity contribution in [3.63, 3.8) is 0 Å². The number of nitriles is 1. The summed E-state index contributed by atoms with van der Waals surface area (Å²) in [7, 11) is 0. The van der Waals surface area contributed by atoms with Crippen LogP contribution in [0.5, 0.6) is 5.75 Å². The van der Waals surface area contributed by atoms with E-state index in [2.05, 4.69) is 16.5 Å². The molecule has 1 fully saturated rings. The number of aryl methyl sites for hydroxylation is 2. The molecule has 158 valence electrons. The van der Waals surface area contributed by atoms with Crippen LogP contribution >= 0.6 is 0 Å². The summed E-state index contributed by atoms with van der Waals surface area (Å²) >= 11 is 0. The third-order valence-corrected chi connectivity index (χ3v) is 5.25. The van der Waals surface area contributed by atoms with Crippen LogP contribution in [0.25, 0.3) is 0 Å². The molecule has 1 aromatic carbocycles. The Bertz CT molecular complexity index is 917. The monoisotopic (exact) mass is 411 g/mol. The van der Waals surface area contributed by atoms with Crippen LogP contribution in [0.15, 0.2) is 28.8 Å². The van der Waals surface area contributed by atoms with Gasteiger partial charge in [-0.1, -0.05) is 17.3 Å². The number of rotatable bonds is 8. The predicted octanol–water partition coefficient (Wildman–Crippen LogP) is 2.91. The zero-order valence-electron chi connectivity index (χ0n) is 17.2. The standard InChI is InChI=1S/C22H25N3O5/c1-15-19(16(2)30-25-15)12-28-18-7-5-17(6-8-18)11-21(27)29-13-20(26)24-22(14-23)9-3-4-10-22/h5-8H,3-4,9-13H2,1-2H3,(H,24,26). The number of esters is 1. The van der Waals surface area contributed by atoms with Crippen LogP contribution in [0, 0.1) is 25.2 Å².